The number of nitrogens with two attached hydrogens (primary N) is 1. The second-order valence-corrected chi connectivity index (χ2v) is 4.67. The van der Waals surface area contributed by atoms with Crippen molar-refractivity contribution >= 4 is 28.2 Å². The first-order valence-corrected chi connectivity index (χ1v) is 6.34. The van der Waals surface area contributed by atoms with E-state index >= 15 is 0 Å². The molecule has 1 amide bonds. The molecule has 0 unspecified atom stereocenters. The maximum absolute atomic E-state index is 13.8. The zero-order valence-corrected chi connectivity index (χ0v) is 11.3. The summed E-state index contributed by atoms with van der Waals surface area (Å²) in [6.45, 7) is 0. The third-order valence-corrected chi connectivity index (χ3v) is 3.31. The van der Waals surface area contributed by atoms with Gasteiger partial charge in [-0.05, 0) is 17.5 Å². The molecule has 0 saturated carbocycles. The quantitative estimate of drug-likeness (QED) is 0.759. The van der Waals surface area contributed by atoms with Crippen LogP contribution in [0, 0.1) is 5.82 Å². The largest absolute Gasteiger partial charge is 0.394 e. The Hall–Kier alpha value is -2.89. The number of fused-ring (bicyclic) bond motifs is 1. The Balaban J connectivity index is 2.05. The van der Waals surface area contributed by atoms with E-state index in [1.165, 1.54) is 23.0 Å². The molecule has 0 atom stereocenters. The summed E-state index contributed by atoms with van der Waals surface area (Å²) < 4.78 is 15.2. The monoisotopic (exact) mass is 284 g/mol. The standard InChI is InChI=1S/C15H13FN4O/c1-20-14(13(17)8-18-20)19-15(21)11-6-7-12(16)10-5-3-2-4-9(10)11/h2-8H,17H2,1H3,(H,19,21). The molecule has 106 valence electrons. The lowest BCUT2D eigenvalue weighted by Gasteiger charge is -2.09. The molecule has 3 rings (SSSR count). The summed E-state index contributed by atoms with van der Waals surface area (Å²) in [6, 6.07) is 9.58. The highest BCUT2D eigenvalue weighted by Crippen LogP contribution is 2.24. The second-order valence-electron chi connectivity index (χ2n) is 4.67. The molecule has 0 spiro atoms. The van der Waals surface area contributed by atoms with Gasteiger partial charge in [-0.25, -0.2) is 4.39 Å². The molecule has 1 aromatic heterocycles. The number of anilines is 2. The number of carbonyl (C=O) groups is 1. The van der Waals surface area contributed by atoms with Crippen LogP contribution in [-0.4, -0.2) is 15.7 Å². The number of nitrogen functional groups attached to an aromatic ring is 1. The van der Waals surface area contributed by atoms with Crippen LogP contribution in [-0.2, 0) is 7.05 Å². The maximum Gasteiger partial charge on any atom is 0.257 e. The van der Waals surface area contributed by atoms with Crippen LogP contribution >= 0.6 is 0 Å². The van der Waals surface area contributed by atoms with Gasteiger partial charge in [0.1, 0.15) is 5.82 Å². The molecular weight excluding hydrogens is 271 g/mol. The molecule has 2 aromatic carbocycles. The Morgan fingerprint density at radius 3 is 2.62 bits per heavy atom. The van der Waals surface area contributed by atoms with Crippen molar-refractivity contribution in [1.29, 1.82) is 0 Å². The summed E-state index contributed by atoms with van der Waals surface area (Å²) in [7, 11) is 1.68. The van der Waals surface area contributed by atoms with E-state index in [1.54, 1.807) is 31.3 Å². The Kier molecular flexibility index (Phi) is 3.06. The minimum atomic E-state index is -0.360. The van der Waals surface area contributed by atoms with Crippen LogP contribution in [0.1, 0.15) is 10.4 Å². The van der Waals surface area contributed by atoms with Crippen molar-refractivity contribution in [1.82, 2.24) is 9.78 Å². The fraction of sp³-hybridized carbons (Fsp3) is 0.0667. The van der Waals surface area contributed by atoms with E-state index in [0.29, 0.717) is 27.8 Å². The highest BCUT2D eigenvalue weighted by Gasteiger charge is 2.15. The van der Waals surface area contributed by atoms with Crippen molar-refractivity contribution in [2.24, 2.45) is 7.05 Å². The number of aryl methyl sites for hydroxylation is 1. The summed E-state index contributed by atoms with van der Waals surface area (Å²) in [5.74, 6) is -0.308. The summed E-state index contributed by atoms with van der Waals surface area (Å²) in [5.41, 5.74) is 6.50. The molecule has 0 aliphatic heterocycles. The number of hydrogen-bond donors (Lipinski definition) is 2. The molecule has 0 fully saturated rings. The molecule has 5 nitrogen and oxygen atoms in total. The Morgan fingerprint density at radius 2 is 1.95 bits per heavy atom. The van der Waals surface area contributed by atoms with Crippen molar-refractivity contribution in [3.05, 3.63) is 54.0 Å². The molecule has 0 aliphatic rings. The van der Waals surface area contributed by atoms with Crippen LogP contribution in [0.15, 0.2) is 42.6 Å². The van der Waals surface area contributed by atoms with E-state index in [-0.39, 0.29) is 11.7 Å². The molecule has 3 aromatic rings. The number of rotatable bonds is 2. The van der Waals surface area contributed by atoms with Crippen molar-refractivity contribution in [3.8, 4) is 0 Å². The van der Waals surface area contributed by atoms with Gasteiger partial charge in [0.2, 0.25) is 0 Å². The molecule has 0 radical (unpaired) electrons. The van der Waals surface area contributed by atoms with Crippen molar-refractivity contribution in [3.63, 3.8) is 0 Å². The number of carbonyl (C=O) groups excluding carboxylic acids is 1. The Bertz CT molecular complexity index is 821. The molecule has 0 bridgehead atoms. The number of benzene rings is 2. The second kappa shape index (κ2) is 4.90. The lowest BCUT2D eigenvalue weighted by Crippen LogP contribution is -2.16. The minimum Gasteiger partial charge on any atom is -0.394 e. The Labute approximate surface area is 120 Å². The number of aromatic nitrogens is 2. The van der Waals surface area contributed by atoms with Gasteiger partial charge < -0.3 is 11.1 Å². The van der Waals surface area contributed by atoms with Crippen LogP contribution in [0.2, 0.25) is 0 Å². The topological polar surface area (TPSA) is 72.9 Å². The number of nitrogens with one attached hydrogen (secondary N) is 1. The normalized spacial score (nSPS) is 10.8. The van der Waals surface area contributed by atoms with Crippen LogP contribution in [0.25, 0.3) is 10.8 Å². The lowest BCUT2D eigenvalue weighted by atomic mass is 10.0. The summed E-state index contributed by atoms with van der Waals surface area (Å²) in [5, 5.41) is 7.61. The van der Waals surface area contributed by atoms with Gasteiger partial charge in [0, 0.05) is 18.0 Å². The molecule has 0 saturated heterocycles. The molecule has 3 N–H and O–H groups in total. The fourth-order valence-corrected chi connectivity index (χ4v) is 2.24. The van der Waals surface area contributed by atoms with E-state index in [1.807, 2.05) is 0 Å². The summed E-state index contributed by atoms with van der Waals surface area (Å²) in [6.07, 6.45) is 1.46. The van der Waals surface area contributed by atoms with E-state index in [9.17, 15) is 9.18 Å². The number of halogens is 1. The molecule has 21 heavy (non-hydrogen) atoms. The van der Waals surface area contributed by atoms with Gasteiger partial charge in [0.25, 0.3) is 5.91 Å². The predicted molar refractivity (Wildman–Crippen MR) is 79.5 cm³/mol. The number of nitrogens with zero attached hydrogens (tertiary/aromatic N) is 2. The van der Waals surface area contributed by atoms with E-state index in [2.05, 4.69) is 10.4 Å². The third kappa shape index (κ3) is 2.20. The SMILES string of the molecule is Cn1ncc(N)c1NC(=O)c1ccc(F)c2ccccc12. The minimum absolute atomic E-state index is 0.359. The van der Waals surface area contributed by atoms with Crippen molar-refractivity contribution in [2.45, 2.75) is 0 Å². The van der Waals surface area contributed by atoms with E-state index in [0.717, 1.165) is 0 Å². The highest BCUT2D eigenvalue weighted by atomic mass is 19.1. The van der Waals surface area contributed by atoms with E-state index in [4.69, 9.17) is 5.73 Å². The summed E-state index contributed by atoms with van der Waals surface area (Å²) >= 11 is 0. The van der Waals surface area contributed by atoms with Gasteiger partial charge in [0.15, 0.2) is 5.82 Å². The molecular formula is C15H13FN4O. The van der Waals surface area contributed by atoms with Crippen LogP contribution in [0.3, 0.4) is 0 Å². The molecule has 0 aliphatic carbocycles. The van der Waals surface area contributed by atoms with E-state index < -0.39 is 0 Å². The van der Waals surface area contributed by atoms with Gasteiger partial charge in [0.05, 0.1) is 11.9 Å². The maximum atomic E-state index is 13.8. The highest BCUT2D eigenvalue weighted by molar-refractivity contribution is 6.13. The van der Waals surface area contributed by atoms with Crippen molar-refractivity contribution in [2.75, 3.05) is 11.1 Å². The van der Waals surface area contributed by atoms with Crippen molar-refractivity contribution < 1.29 is 9.18 Å². The van der Waals surface area contributed by atoms with Gasteiger partial charge in [-0.2, -0.15) is 5.10 Å². The zero-order chi connectivity index (χ0) is 15.0. The fourth-order valence-electron chi connectivity index (χ4n) is 2.24. The Morgan fingerprint density at radius 1 is 1.24 bits per heavy atom. The summed E-state index contributed by atoms with van der Waals surface area (Å²) in [4.78, 5) is 12.4. The first kappa shape index (κ1) is 13.1. The number of hydrogen-bond acceptors (Lipinski definition) is 3. The van der Waals surface area contributed by atoms with Gasteiger partial charge in [-0.15, -0.1) is 0 Å². The van der Waals surface area contributed by atoms with Gasteiger partial charge in [-0.1, -0.05) is 24.3 Å². The molecule has 6 heteroatoms. The zero-order valence-electron chi connectivity index (χ0n) is 11.3. The van der Waals surface area contributed by atoms with Gasteiger partial charge in [-0.3, -0.25) is 9.48 Å². The first-order valence-electron chi connectivity index (χ1n) is 6.34. The number of amides is 1. The van der Waals surface area contributed by atoms with Crippen LogP contribution < -0.4 is 11.1 Å². The molecule has 1 heterocycles. The smallest absolute Gasteiger partial charge is 0.257 e. The average molecular weight is 284 g/mol. The predicted octanol–water partition coefficient (Wildman–Crippen LogP) is 2.55. The third-order valence-electron chi connectivity index (χ3n) is 3.31. The van der Waals surface area contributed by atoms with Crippen LogP contribution in [0.4, 0.5) is 15.9 Å². The average Bonchev–Trinajstić information content (AvgIpc) is 2.80. The van der Waals surface area contributed by atoms with Gasteiger partial charge >= 0.3 is 0 Å². The van der Waals surface area contributed by atoms with Crippen LogP contribution in [0.5, 0.6) is 0 Å². The first-order chi connectivity index (χ1) is 10.1. The lowest BCUT2D eigenvalue weighted by molar-refractivity contribution is 0.102.